The fourth-order valence-electron chi connectivity index (χ4n) is 1.84. The number of hydrogen-bond acceptors (Lipinski definition) is 1. The summed E-state index contributed by atoms with van der Waals surface area (Å²) in [6.45, 7) is 1.76. The van der Waals surface area contributed by atoms with E-state index in [2.05, 4.69) is 5.32 Å². The fourth-order valence-corrected chi connectivity index (χ4v) is 2.87. The van der Waals surface area contributed by atoms with Gasteiger partial charge in [-0.05, 0) is 36.8 Å². The zero-order valence-corrected chi connectivity index (χ0v) is 13.7. The van der Waals surface area contributed by atoms with Gasteiger partial charge in [-0.2, -0.15) is 0 Å². The average molecular weight is 371 g/mol. The number of nitrogens with one attached hydrogen (secondary N) is 1. The summed E-state index contributed by atoms with van der Waals surface area (Å²) < 4.78 is 26.9. The largest absolute Gasteiger partial charge is 0.378 e. The zero-order chi connectivity index (χ0) is 15.7. The molecule has 0 radical (unpaired) electrons. The van der Waals surface area contributed by atoms with E-state index in [0.717, 1.165) is 0 Å². The van der Waals surface area contributed by atoms with Gasteiger partial charge in [0.15, 0.2) is 5.82 Å². The van der Waals surface area contributed by atoms with Crippen molar-refractivity contribution in [3.8, 4) is 0 Å². The van der Waals surface area contributed by atoms with Crippen LogP contribution in [0.2, 0.25) is 20.1 Å². The standard InChI is InChI=1S/C14H9Cl4F2N/c1-6(8-4-13(19)10(16)5-9(8)15)21-7-2-11(17)14(20)12(18)3-7/h2-6,21H,1H3. The van der Waals surface area contributed by atoms with E-state index in [1.807, 2.05) is 0 Å². The van der Waals surface area contributed by atoms with Crippen LogP contribution in [0.1, 0.15) is 18.5 Å². The Hall–Kier alpha value is -0.740. The molecule has 0 bridgehead atoms. The lowest BCUT2D eigenvalue weighted by atomic mass is 10.1. The molecule has 0 aliphatic rings. The SMILES string of the molecule is CC(Nc1cc(Cl)c(F)c(Cl)c1)c1cc(F)c(Cl)cc1Cl. The Balaban J connectivity index is 2.30. The van der Waals surface area contributed by atoms with Crippen molar-refractivity contribution in [2.45, 2.75) is 13.0 Å². The molecule has 2 aromatic carbocycles. The molecular weight excluding hydrogens is 362 g/mol. The molecular formula is C14H9Cl4F2N. The van der Waals surface area contributed by atoms with Crippen LogP contribution in [0.4, 0.5) is 14.5 Å². The molecule has 0 heterocycles. The number of hydrogen-bond donors (Lipinski definition) is 1. The maximum Gasteiger partial charge on any atom is 0.160 e. The first kappa shape index (κ1) is 16.6. The van der Waals surface area contributed by atoms with Crippen LogP contribution < -0.4 is 5.32 Å². The molecule has 0 saturated heterocycles. The number of anilines is 1. The van der Waals surface area contributed by atoms with Gasteiger partial charge in [-0.25, -0.2) is 8.78 Å². The first-order chi connectivity index (χ1) is 9.79. The highest BCUT2D eigenvalue weighted by Gasteiger charge is 2.15. The number of rotatable bonds is 3. The highest BCUT2D eigenvalue weighted by molar-refractivity contribution is 6.35. The van der Waals surface area contributed by atoms with Gasteiger partial charge in [0.05, 0.1) is 21.1 Å². The highest BCUT2D eigenvalue weighted by atomic mass is 35.5. The Morgan fingerprint density at radius 1 is 0.857 bits per heavy atom. The van der Waals surface area contributed by atoms with Gasteiger partial charge < -0.3 is 5.32 Å². The molecule has 1 nitrogen and oxygen atoms in total. The predicted molar refractivity (Wildman–Crippen MR) is 84.9 cm³/mol. The molecule has 2 aromatic rings. The Bertz CT molecular complexity index is 668. The Morgan fingerprint density at radius 2 is 1.43 bits per heavy atom. The third kappa shape index (κ3) is 3.72. The molecule has 0 aromatic heterocycles. The quantitative estimate of drug-likeness (QED) is 0.465. The Morgan fingerprint density at radius 3 is 2.00 bits per heavy atom. The summed E-state index contributed by atoms with van der Waals surface area (Å²) in [6.07, 6.45) is 0. The normalized spacial score (nSPS) is 12.3. The summed E-state index contributed by atoms with van der Waals surface area (Å²) in [7, 11) is 0. The number of benzene rings is 2. The van der Waals surface area contributed by atoms with E-state index >= 15 is 0 Å². The van der Waals surface area contributed by atoms with E-state index in [1.54, 1.807) is 6.92 Å². The fraction of sp³-hybridized carbons (Fsp3) is 0.143. The first-order valence-corrected chi connectivity index (χ1v) is 7.36. The minimum atomic E-state index is -0.688. The molecule has 0 amide bonds. The van der Waals surface area contributed by atoms with Gasteiger partial charge in [0.25, 0.3) is 0 Å². The molecule has 0 fully saturated rings. The second-order valence-electron chi connectivity index (χ2n) is 4.41. The lowest BCUT2D eigenvalue weighted by Crippen LogP contribution is -2.08. The van der Waals surface area contributed by atoms with Gasteiger partial charge in [0, 0.05) is 10.7 Å². The second kappa shape index (κ2) is 6.57. The van der Waals surface area contributed by atoms with Gasteiger partial charge in [-0.15, -0.1) is 0 Å². The predicted octanol–water partition coefficient (Wildman–Crippen LogP) is 6.75. The Labute approximate surface area is 140 Å². The molecule has 1 N–H and O–H groups in total. The summed E-state index contributed by atoms with van der Waals surface area (Å²) in [5, 5.41) is 3.08. The molecule has 1 unspecified atom stereocenters. The van der Waals surface area contributed by atoms with Crippen LogP contribution in [0.15, 0.2) is 24.3 Å². The van der Waals surface area contributed by atoms with Crippen LogP contribution in [-0.2, 0) is 0 Å². The van der Waals surface area contributed by atoms with E-state index in [1.165, 1.54) is 24.3 Å². The van der Waals surface area contributed by atoms with Crippen LogP contribution in [-0.4, -0.2) is 0 Å². The molecule has 2 rings (SSSR count). The Kier molecular flexibility index (Phi) is 5.20. The third-order valence-electron chi connectivity index (χ3n) is 2.87. The minimum Gasteiger partial charge on any atom is -0.378 e. The van der Waals surface area contributed by atoms with Crippen molar-refractivity contribution in [1.82, 2.24) is 0 Å². The molecule has 0 aliphatic carbocycles. The van der Waals surface area contributed by atoms with Crippen molar-refractivity contribution in [2.75, 3.05) is 5.32 Å². The van der Waals surface area contributed by atoms with E-state index in [-0.39, 0.29) is 21.1 Å². The van der Waals surface area contributed by atoms with Gasteiger partial charge in [-0.1, -0.05) is 46.4 Å². The summed E-state index contributed by atoms with van der Waals surface area (Å²) >= 11 is 23.1. The van der Waals surface area contributed by atoms with Crippen molar-refractivity contribution >= 4 is 52.1 Å². The summed E-state index contributed by atoms with van der Waals surface area (Å²) in [5.74, 6) is -1.26. The second-order valence-corrected chi connectivity index (χ2v) is 6.04. The van der Waals surface area contributed by atoms with E-state index < -0.39 is 11.6 Å². The van der Waals surface area contributed by atoms with Gasteiger partial charge >= 0.3 is 0 Å². The lowest BCUT2D eigenvalue weighted by Gasteiger charge is -2.18. The molecule has 7 heteroatoms. The molecule has 112 valence electrons. The molecule has 0 saturated carbocycles. The summed E-state index contributed by atoms with van der Waals surface area (Å²) in [5.41, 5.74) is 1.00. The van der Waals surface area contributed by atoms with Crippen LogP contribution >= 0.6 is 46.4 Å². The summed E-state index contributed by atoms with van der Waals surface area (Å²) in [6, 6.07) is 4.99. The lowest BCUT2D eigenvalue weighted by molar-refractivity contribution is 0.624. The number of halogens is 6. The molecule has 0 spiro atoms. The van der Waals surface area contributed by atoms with Crippen molar-refractivity contribution in [3.63, 3.8) is 0 Å². The monoisotopic (exact) mass is 369 g/mol. The minimum absolute atomic E-state index is 0.0520. The zero-order valence-electron chi connectivity index (χ0n) is 10.7. The maximum absolute atomic E-state index is 13.5. The van der Waals surface area contributed by atoms with E-state index in [0.29, 0.717) is 16.3 Å². The summed E-state index contributed by atoms with van der Waals surface area (Å²) in [4.78, 5) is 0. The van der Waals surface area contributed by atoms with Crippen molar-refractivity contribution in [1.29, 1.82) is 0 Å². The molecule has 1 atom stereocenters. The van der Waals surface area contributed by atoms with Crippen LogP contribution in [0.25, 0.3) is 0 Å². The molecule has 21 heavy (non-hydrogen) atoms. The van der Waals surface area contributed by atoms with Crippen LogP contribution in [0, 0.1) is 11.6 Å². The molecule has 0 aliphatic heterocycles. The highest BCUT2D eigenvalue weighted by Crippen LogP contribution is 2.33. The average Bonchev–Trinajstić information content (AvgIpc) is 2.40. The first-order valence-electron chi connectivity index (χ1n) is 5.85. The van der Waals surface area contributed by atoms with Gasteiger partial charge in [-0.3, -0.25) is 0 Å². The van der Waals surface area contributed by atoms with Crippen molar-refractivity contribution in [3.05, 3.63) is 61.6 Å². The van der Waals surface area contributed by atoms with Crippen LogP contribution in [0.3, 0.4) is 0 Å². The van der Waals surface area contributed by atoms with Crippen LogP contribution in [0.5, 0.6) is 0 Å². The third-order valence-corrected chi connectivity index (χ3v) is 4.04. The van der Waals surface area contributed by atoms with E-state index in [4.69, 9.17) is 46.4 Å². The van der Waals surface area contributed by atoms with Gasteiger partial charge in [0.2, 0.25) is 0 Å². The van der Waals surface area contributed by atoms with Gasteiger partial charge in [0.1, 0.15) is 5.82 Å². The van der Waals surface area contributed by atoms with E-state index in [9.17, 15) is 8.78 Å². The van der Waals surface area contributed by atoms with Crippen molar-refractivity contribution in [2.24, 2.45) is 0 Å². The smallest absolute Gasteiger partial charge is 0.160 e. The topological polar surface area (TPSA) is 12.0 Å². The maximum atomic E-state index is 13.5. The van der Waals surface area contributed by atoms with Crippen molar-refractivity contribution < 1.29 is 8.78 Å².